The topological polar surface area (TPSA) is 95.6 Å². The molecule has 178 valence electrons. The summed E-state index contributed by atoms with van der Waals surface area (Å²) in [4.78, 5) is 18.6. The third-order valence-corrected chi connectivity index (χ3v) is 6.19. The van der Waals surface area contributed by atoms with Gasteiger partial charge in [-0.1, -0.05) is 6.07 Å². The van der Waals surface area contributed by atoms with Gasteiger partial charge in [-0.2, -0.15) is 5.10 Å². The van der Waals surface area contributed by atoms with Gasteiger partial charge in [0, 0.05) is 47.7 Å². The summed E-state index contributed by atoms with van der Waals surface area (Å²) in [5.74, 6) is 0.757. The van der Waals surface area contributed by atoms with Crippen LogP contribution in [0.25, 0.3) is 55.6 Å². The molecule has 2 N–H and O–H groups in total. The molecule has 0 spiro atoms. The van der Waals surface area contributed by atoms with Crippen molar-refractivity contribution in [1.29, 1.82) is 0 Å². The fraction of sp³-hybridized carbons (Fsp3) is 0.143. The Balaban J connectivity index is 1.38. The highest BCUT2D eigenvalue weighted by Crippen LogP contribution is 2.34. The van der Waals surface area contributed by atoms with Crippen LogP contribution in [0.2, 0.25) is 0 Å². The van der Waals surface area contributed by atoms with Crippen LogP contribution in [0.4, 0.5) is 0 Å². The van der Waals surface area contributed by atoms with Crippen molar-refractivity contribution < 1.29 is 4.74 Å². The molecule has 5 aromatic heterocycles. The molecule has 6 aromatic rings. The molecule has 1 aromatic carbocycles. The minimum Gasteiger partial charge on any atom is -0.491 e. The van der Waals surface area contributed by atoms with E-state index in [0.717, 1.165) is 67.9 Å². The quantitative estimate of drug-likeness (QED) is 0.331. The molecule has 0 fully saturated rings. The predicted octanol–water partition coefficient (Wildman–Crippen LogP) is 5.17. The van der Waals surface area contributed by atoms with Gasteiger partial charge >= 0.3 is 0 Å². The maximum atomic E-state index is 5.89. The summed E-state index contributed by atoms with van der Waals surface area (Å²) >= 11 is 0. The van der Waals surface area contributed by atoms with Crippen LogP contribution in [-0.2, 0) is 0 Å². The minimum absolute atomic E-state index is 0.610. The average molecular weight is 476 g/mol. The SMILES string of the molecule is CN(C)CCOc1cncc(-c2ccc3[nH]nc(-c4cc5c(-c6ccncc6)ccnc5[nH]4)c3c2)c1. The summed E-state index contributed by atoms with van der Waals surface area (Å²) in [7, 11) is 4.05. The van der Waals surface area contributed by atoms with Gasteiger partial charge in [-0.05, 0) is 73.3 Å². The highest BCUT2D eigenvalue weighted by atomic mass is 16.5. The first kappa shape index (κ1) is 21.9. The molecular formula is C28H25N7O. The second-order valence-electron chi connectivity index (χ2n) is 8.93. The van der Waals surface area contributed by atoms with E-state index >= 15 is 0 Å². The minimum atomic E-state index is 0.610. The third-order valence-electron chi connectivity index (χ3n) is 6.19. The molecule has 0 radical (unpaired) electrons. The van der Waals surface area contributed by atoms with Crippen LogP contribution in [0.3, 0.4) is 0 Å². The maximum Gasteiger partial charge on any atom is 0.138 e. The zero-order chi connectivity index (χ0) is 24.5. The van der Waals surface area contributed by atoms with Crippen LogP contribution < -0.4 is 4.74 Å². The van der Waals surface area contributed by atoms with Gasteiger partial charge < -0.3 is 14.6 Å². The number of ether oxygens (including phenoxy) is 1. The Kier molecular flexibility index (Phi) is 5.63. The molecule has 0 saturated heterocycles. The summed E-state index contributed by atoms with van der Waals surface area (Å²) in [5.41, 5.74) is 7.75. The van der Waals surface area contributed by atoms with E-state index in [0.29, 0.717) is 6.61 Å². The number of fused-ring (bicyclic) bond motifs is 2. The van der Waals surface area contributed by atoms with Gasteiger partial charge in [0.25, 0.3) is 0 Å². The number of rotatable bonds is 7. The highest BCUT2D eigenvalue weighted by Gasteiger charge is 2.15. The van der Waals surface area contributed by atoms with E-state index in [1.165, 1.54) is 0 Å². The van der Waals surface area contributed by atoms with Crippen LogP contribution in [0.1, 0.15) is 0 Å². The Morgan fingerprint density at radius 1 is 0.833 bits per heavy atom. The largest absolute Gasteiger partial charge is 0.491 e. The van der Waals surface area contributed by atoms with Crippen molar-refractivity contribution in [2.45, 2.75) is 0 Å². The maximum absolute atomic E-state index is 5.89. The number of likely N-dealkylation sites (N-methyl/N-ethyl adjacent to an activating group) is 1. The predicted molar refractivity (Wildman–Crippen MR) is 142 cm³/mol. The average Bonchev–Trinajstić information content (AvgIpc) is 3.53. The molecule has 0 saturated carbocycles. The zero-order valence-corrected chi connectivity index (χ0v) is 20.1. The first-order chi connectivity index (χ1) is 17.7. The normalized spacial score (nSPS) is 11.5. The smallest absolute Gasteiger partial charge is 0.138 e. The van der Waals surface area contributed by atoms with Crippen molar-refractivity contribution in [3.8, 4) is 39.4 Å². The zero-order valence-electron chi connectivity index (χ0n) is 20.1. The Morgan fingerprint density at radius 3 is 2.58 bits per heavy atom. The monoisotopic (exact) mass is 475 g/mol. The molecule has 0 atom stereocenters. The van der Waals surface area contributed by atoms with E-state index in [4.69, 9.17) is 4.74 Å². The molecule has 0 bridgehead atoms. The molecule has 0 unspecified atom stereocenters. The number of benzene rings is 1. The van der Waals surface area contributed by atoms with Gasteiger partial charge in [0.2, 0.25) is 0 Å². The fourth-order valence-electron chi connectivity index (χ4n) is 4.34. The van der Waals surface area contributed by atoms with Gasteiger partial charge in [0.15, 0.2) is 0 Å². The van der Waals surface area contributed by atoms with Gasteiger partial charge in [-0.15, -0.1) is 0 Å². The van der Waals surface area contributed by atoms with Gasteiger partial charge in [0.05, 0.1) is 17.4 Å². The number of hydrogen-bond donors (Lipinski definition) is 2. The Morgan fingerprint density at radius 2 is 1.72 bits per heavy atom. The number of hydrogen-bond acceptors (Lipinski definition) is 6. The van der Waals surface area contributed by atoms with Crippen LogP contribution in [0.15, 0.2) is 79.5 Å². The number of aromatic nitrogens is 6. The van der Waals surface area contributed by atoms with Gasteiger partial charge in [0.1, 0.15) is 23.7 Å². The second kappa shape index (κ2) is 9.24. The summed E-state index contributed by atoms with van der Waals surface area (Å²) in [6.07, 6.45) is 9.02. The molecule has 0 amide bonds. The van der Waals surface area contributed by atoms with E-state index in [2.05, 4.69) is 53.2 Å². The Labute approximate surface area is 208 Å². The van der Waals surface area contributed by atoms with Crippen LogP contribution in [-0.4, -0.2) is 62.3 Å². The second-order valence-corrected chi connectivity index (χ2v) is 8.93. The first-order valence-corrected chi connectivity index (χ1v) is 11.8. The van der Waals surface area contributed by atoms with Crippen LogP contribution >= 0.6 is 0 Å². The number of H-pyrrole nitrogens is 2. The van der Waals surface area contributed by atoms with E-state index in [9.17, 15) is 0 Å². The summed E-state index contributed by atoms with van der Waals surface area (Å²) in [5, 5.41) is 9.85. The van der Waals surface area contributed by atoms with Crippen molar-refractivity contribution in [3.05, 3.63) is 79.5 Å². The van der Waals surface area contributed by atoms with Crippen molar-refractivity contribution in [2.75, 3.05) is 27.2 Å². The van der Waals surface area contributed by atoms with Crippen molar-refractivity contribution in [3.63, 3.8) is 0 Å². The van der Waals surface area contributed by atoms with Gasteiger partial charge in [-0.3, -0.25) is 15.1 Å². The Bertz CT molecular complexity index is 1650. The van der Waals surface area contributed by atoms with Crippen molar-refractivity contribution >= 4 is 21.9 Å². The molecule has 6 rings (SSSR count). The lowest BCUT2D eigenvalue weighted by Gasteiger charge is -2.11. The number of pyridine rings is 3. The third kappa shape index (κ3) is 4.18. The summed E-state index contributed by atoms with van der Waals surface area (Å²) in [6.45, 7) is 1.45. The molecule has 8 nitrogen and oxygen atoms in total. The van der Waals surface area contributed by atoms with Crippen LogP contribution in [0, 0.1) is 0 Å². The number of nitrogens with zero attached hydrogens (tertiary/aromatic N) is 5. The molecule has 8 heteroatoms. The highest BCUT2D eigenvalue weighted by molar-refractivity contribution is 6.00. The fourth-order valence-corrected chi connectivity index (χ4v) is 4.34. The standard InChI is InChI=1S/C28H25N7O/c1-35(2)11-12-36-21-13-20(16-30-17-21)19-3-4-25-24(14-19)27(34-33-25)26-15-23-22(7-10-31-28(23)32-26)18-5-8-29-9-6-18/h3-10,13-17H,11-12H2,1-2H3,(H,31,32)(H,33,34). The lowest BCUT2D eigenvalue weighted by Crippen LogP contribution is -2.19. The lowest BCUT2D eigenvalue weighted by molar-refractivity contribution is 0.261. The lowest BCUT2D eigenvalue weighted by atomic mass is 10.0. The first-order valence-electron chi connectivity index (χ1n) is 11.8. The Hall–Kier alpha value is -4.56. The summed E-state index contributed by atoms with van der Waals surface area (Å²) in [6, 6.07) is 16.4. The molecule has 5 heterocycles. The van der Waals surface area contributed by atoms with Crippen LogP contribution in [0.5, 0.6) is 5.75 Å². The van der Waals surface area contributed by atoms with Gasteiger partial charge in [-0.25, -0.2) is 4.98 Å². The molecule has 0 aliphatic rings. The molecule has 36 heavy (non-hydrogen) atoms. The number of nitrogens with one attached hydrogen (secondary N) is 2. The molecule has 0 aliphatic heterocycles. The molecule has 0 aliphatic carbocycles. The summed E-state index contributed by atoms with van der Waals surface area (Å²) < 4.78 is 5.89. The molecular weight excluding hydrogens is 450 g/mol. The van der Waals surface area contributed by atoms with Crippen molar-refractivity contribution in [1.82, 2.24) is 35.0 Å². The van der Waals surface area contributed by atoms with Crippen molar-refractivity contribution in [2.24, 2.45) is 0 Å². The van der Waals surface area contributed by atoms with E-state index in [1.54, 1.807) is 18.6 Å². The van der Waals surface area contributed by atoms with E-state index in [1.807, 2.05) is 56.8 Å². The van der Waals surface area contributed by atoms with E-state index < -0.39 is 0 Å². The number of aromatic amines is 2. The van der Waals surface area contributed by atoms with E-state index in [-0.39, 0.29) is 0 Å².